The highest BCUT2D eigenvalue weighted by Crippen LogP contribution is 2.12. The van der Waals surface area contributed by atoms with Gasteiger partial charge in [0.2, 0.25) is 0 Å². The van der Waals surface area contributed by atoms with Gasteiger partial charge in [-0.2, -0.15) is 12.6 Å². The van der Waals surface area contributed by atoms with E-state index in [0.717, 1.165) is 5.56 Å². The van der Waals surface area contributed by atoms with Crippen molar-refractivity contribution in [2.24, 2.45) is 0 Å². The molecule has 1 rings (SSSR count). The summed E-state index contributed by atoms with van der Waals surface area (Å²) in [6.07, 6.45) is -0.426. The Bertz CT molecular complexity index is 186. The summed E-state index contributed by atoms with van der Waals surface area (Å²) in [5.74, 6) is 0.476. The first-order valence-electron chi connectivity index (χ1n) is 3.18. The molecule has 0 bridgehead atoms. The van der Waals surface area contributed by atoms with Crippen LogP contribution in [-0.2, 0) is 0 Å². The highest BCUT2D eigenvalue weighted by molar-refractivity contribution is 7.80. The largest absolute Gasteiger partial charge is 0.388 e. The summed E-state index contributed by atoms with van der Waals surface area (Å²) in [4.78, 5) is 0. The topological polar surface area (TPSA) is 20.2 Å². The Labute approximate surface area is 66.1 Å². The zero-order valence-electron chi connectivity index (χ0n) is 5.57. The number of thiol groups is 1. The van der Waals surface area contributed by atoms with Crippen LogP contribution in [0.1, 0.15) is 11.7 Å². The average Bonchev–Trinajstić information content (AvgIpc) is 2.05. The molecule has 0 spiro atoms. The monoisotopic (exact) mass is 154 g/mol. The Morgan fingerprint density at radius 1 is 1.30 bits per heavy atom. The summed E-state index contributed by atoms with van der Waals surface area (Å²) in [5.41, 5.74) is 0.928. The van der Waals surface area contributed by atoms with Crippen molar-refractivity contribution in [2.45, 2.75) is 6.10 Å². The van der Waals surface area contributed by atoms with Gasteiger partial charge >= 0.3 is 0 Å². The van der Waals surface area contributed by atoms with Gasteiger partial charge in [-0.05, 0) is 5.56 Å². The van der Waals surface area contributed by atoms with Crippen molar-refractivity contribution in [1.29, 1.82) is 0 Å². The van der Waals surface area contributed by atoms with Crippen LogP contribution in [0.15, 0.2) is 30.3 Å². The summed E-state index contributed by atoms with van der Waals surface area (Å²) in [6, 6.07) is 9.51. The van der Waals surface area contributed by atoms with E-state index in [1.807, 2.05) is 30.3 Å². The van der Waals surface area contributed by atoms with Gasteiger partial charge in [-0.25, -0.2) is 0 Å². The highest BCUT2D eigenvalue weighted by atomic mass is 32.1. The highest BCUT2D eigenvalue weighted by Gasteiger charge is 2.01. The van der Waals surface area contributed by atoms with E-state index in [2.05, 4.69) is 12.6 Å². The van der Waals surface area contributed by atoms with E-state index >= 15 is 0 Å². The predicted molar refractivity (Wildman–Crippen MR) is 45.3 cm³/mol. The van der Waals surface area contributed by atoms with Gasteiger partial charge in [0.25, 0.3) is 0 Å². The minimum absolute atomic E-state index is 0.426. The molecule has 0 amide bonds. The molecule has 54 valence electrons. The van der Waals surface area contributed by atoms with E-state index in [0.29, 0.717) is 5.75 Å². The molecule has 0 aliphatic heterocycles. The van der Waals surface area contributed by atoms with Gasteiger partial charge in [0.05, 0.1) is 6.10 Å². The van der Waals surface area contributed by atoms with Crippen LogP contribution in [0.2, 0.25) is 0 Å². The number of aliphatic hydroxyl groups is 1. The number of benzene rings is 1. The zero-order chi connectivity index (χ0) is 7.40. The molecule has 1 N–H and O–H groups in total. The molecule has 0 saturated heterocycles. The molecule has 0 aliphatic rings. The van der Waals surface area contributed by atoms with Gasteiger partial charge in [-0.15, -0.1) is 0 Å². The van der Waals surface area contributed by atoms with E-state index in [-0.39, 0.29) is 0 Å². The number of rotatable bonds is 2. The van der Waals surface area contributed by atoms with Crippen LogP contribution in [0.3, 0.4) is 0 Å². The fraction of sp³-hybridized carbons (Fsp3) is 0.250. The molecule has 0 aromatic heterocycles. The minimum atomic E-state index is -0.426. The maximum atomic E-state index is 9.25. The maximum Gasteiger partial charge on any atom is 0.0877 e. The third-order valence-electron chi connectivity index (χ3n) is 1.36. The van der Waals surface area contributed by atoms with Gasteiger partial charge in [-0.3, -0.25) is 0 Å². The lowest BCUT2D eigenvalue weighted by Gasteiger charge is -2.05. The Kier molecular flexibility index (Phi) is 2.78. The Balaban J connectivity index is 2.75. The van der Waals surface area contributed by atoms with Crippen LogP contribution < -0.4 is 0 Å². The SMILES string of the molecule is O[C@H](CS)c1ccccc1. The van der Waals surface area contributed by atoms with Crippen molar-refractivity contribution in [2.75, 3.05) is 5.75 Å². The summed E-state index contributed by atoms with van der Waals surface area (Å²) in [6.45, 7) is 0. The number of aliphatic hydroxyl groups excluding tert-OH is 1. The van der Waals surface area contributed by atoms with Crippen LogP contribution in [-0.4, -0.2) is 10.9 Å². The molecule has 0 radical (unpaired) electrons. The third-order valence-corrected chi connectivity index (χ3v) is 1.70. The van der Waals surface area contributed by atoms with Gasteiger partial charge < -0.3 is 5.11 Å². The normalized spacial score (nSPS) is 13.0. The quantitative estimate of drug-likeness (QED) is 0.621. The predicted octanol–water partition coefficient (Wildman–Crippen LogP) is 1.65. The van der Waals surface area contributed by atoms with E-state index in [9.17, 15) is 5.11 Å². The van der Waals surface area contributed by atoms with Crippen LogP contribution in [0.25, 0.3) is 0 Å². The second-order valence-electron chi connectivity index (χ2n) is 2.11. The second kappa shape index (κ2) is 3.64. The summed E-state index contributed by atoms with van der Waals surface area (Å²) in [5, 5.41) is 9.25. The smallest absolute Gasteiger partial charge is 0.0877 e. The maximum absolute atomic E-state index is 9.25. The molecule has 0 heterocycles. The molecule has 1 atom stereocenters. The van der Waals surface area contributed by atoms with E-state index in [1.165, 1.54) is 0 Å². The number of hydrogen-bond donors (Lipinski definition) is 2. The molecule has 1 nitrogen and oxygen atoms in total. The summed E-state index contributed by atoms with van der Waals surface area (Å²) in [7, 11) is 0. The Morgan fingerprint density at radius 3 is 2.40 bits per heavy atom. The molecule has 10 heavy (non-hydrogen) atoms. The van der Waals surface area contributed by atoms with Crippen molar-refractivity contribution < 1.29 is 5.11 Å². The van der Waals surface area contributed by atoms with Gasteiger partial charge in [0.15, 0.2) is 0 Å². The molecule has 0 unspecified atom stereocenters. The lowest BCUT2D eigenvalue weighted by molar-refractivity contribution is 0.204. The van der Waals surface area contributed by atoms with Crippen LogP contribution >= 0.6 is 12.6 Å². The third kappa shape index (κ3) is 1.75. The van der Waals surface area contributed by atoms with E-state index < -0.39 is 6.10 Å². The fourth-order valence-electron chi connectivity index (χ4n) is 0.781. The van der Waals surface area contributed by atoms with Crippen LogP contribution in [0.5, 0.6) is 0 Å². The van der Waals surface area contributed by atoms with Gasteiger partial charge in [-0.1, -0.05) is 30.3 Å². The molecule has 0 fully saturated rings. The summed E-state index contributed by atoms with van der Waals surface area (Å²) < 4.78 is 0. The molecule has 0 aliphatic carbocycles. The first kappa shape index (κ1) is 7.63. The first-order valence-corrected chi connectivity index (χ1v) is 3.81. The molecule has 1 aromatic rings. The Morgan fingerprint density at radius 2 is 1.90 bits per heavy atom. The molecular formula is C8H10OS. The van der Waals surface area contributed by atoms with Gasteiger partial charge in [0.1, 0.15) is 0 Å². The number of hydrogen-bond acceptors (Lipinski definition) is 2. The molecular weight excluding hydrogens is 144 g/mol. The fourth-order valence-corrected chi connectivity index (χ4v) is 0.991. The van der Waals surface area contributed by atoms with E-state index in [1.54, 1.807) is 0 Å². The first-order chi connectivity index (χ1) is 4.84. The minimum Gasteiger partial charge on any atom is -0.388 e. The second-order valence-corrected chi connectivity index (χ2v) is 2.47. The van der Waals surface area contributed by atoms with Crippen molar-refractivity contribution in [1.82, 2.24) is 0 Å². The zero-order valence-corrected chi connectivity index (χ0v) is 6.46. The van der Waals surface area contributed by atoms with Crippen molar-refractivity contribution in [3.63, 3.8) is 0 Å². The van der Waals surface area contributed by atoms with Crippen molar-refractivity contribution >= 4 is 12.6 Å². The van der Waals surface area contributed by atoms with Gasteiger partial charge in [0, 0.05) is 5.75 Å². The standard InChI is InChI=1S/C8H10OS/c9-8(6-10)7-4-2-1-3-5-7/h1-5,8-10H,6H2/t8-/m1/s1. The van der Waals surface area contributed by atoms with Crippen LogP contribution in [0.4, 0.5) is 0 Å². The summed E-state index contributed by atoms with van der Waals surface area (Å²) >= 11 is 3.98. The lowest BCUT2D eigenvalue weighted by Crippen LogP contribution is -1.97. The molecule has 0 saturated carbocycles. The van der Waals surface area contributed by atoms with Crippen molar-refractivity contribution in [3.05, 3.63) is 35.9 Å². The van der Waals surface area contributed by atoms with Crippen molar-refractivity contribution in [3.8, 4) is 0 Å². The Hall–Kier alpha value is -0.470. The molecule has 2 heteroatoms. The van der Waals surface area contributed by atoms with E-state index in [4.69, 9.17) is 0 Å². The van der Waals surface area contributed by atoms with Crippen LogP contribution in [0, 0.1) is 0 Å². The average molecular weight is 154 g/mol. The lowest BCUT2D eigenvalue weighted by atomic mass is 10.1. The molecule has 1 aromatic carbocycles.